The molecular formula is C23H35N7O4S. The second kappa shape index (κ2) is 15.1. The third-order valence-corrected chi connectivity index (χ3v) is 6.33. The second-order valence-electron chi connectivity index (χ2n) is 8.46. The molecule has 0 radical (unpaired) electrons. The van der Waals surface area contributed by atoms with Crippen LogP contribution in [-0.2, 0) is 27.5 Å². The molecule has 2 aromatic rings. The number of carbonyl (C=O) groups is 3. The quantitative estimate of drug-likeness (QED) is 0.305. The zero-order chi connectivity index (χ0) is 25.6. The number of nitrogens with one attached hydrogen (secondary N) is 2. The lowest BCUT2D eigenvalue weighted by Gasteiger charge is -2.31. The molecule has 2 amide bonds. The maximum absolute atomic E-state index is 12.8. The lowest BCUT2D eigenvalue weighted by atomic mass is 9.98. The summed E-state index contributed by atoms with van der Waals surface area (Å²) in [5.41, 5.74) is 1.01. The van der Waals surface area contributed by atoms with Crippen LogP contribution < -0.4 is 10.6 Å². The SMILES string of the molecule is CC[C@H](C)[C@@H](CN(CC(=O)N[C@@H](CCSC)C(=O)O)Cc1ccccc1)NC(=O)Cn1cnnn1. The number of benzene rings is 1. The Labute approximate surface area is 210 Å². The Morgan fingerprint density at radius 3 is 2.51 bits per heavy atom. The minimum atomic E-state index is -1.05. The number of carbonyl (C=O) groups excluding carboxylic acids is 2. The van der Waals surface area contributed by atoms with Gasteiger partial charge >= 0.3 is 5.97 Å². The maximum atomic E-state index is 12.8. The van der Waals surface area contributed by atoms with Gasteiger partial charge in [-0.25, -0.2) is 9.48 Å². The molecule has 11 nitrogen and oxygen atoms in total. The van der Waals surface area contributed by atoms with Crippen molar-refractivity contribution in [1.82, 2.24) is 35.7 Å². The van der Waals surface area contributed by atoms with Gasteiger partial charge in [0.25, 0.3) is 0 Å². The molecule has 0 fully saturated rings. The molecule has 3 atom stereocenters. The van der Waals surface area contributed by atoms with Crippen molar-refractivity contribution in [1.29, 1.82) is 0 Å². The molecule has 1 aromatic carbocycles. The van der Waals surface area contributed by atoms with Crippen LogP contribution in [0.2, 0.25) is 0 Å². The molecule has 0 unspecified atom stereocenters. The zero-order valence-corrected chi connectivity index (χ0v) is 21.3. The molecule has 0 aliphatic rings. The second-order valence-corrected chi connectivity index (χ2v) is 9.45. The Balaban J connectivity index is 2.12. The van der Waals surface area contributed by atoms with Crippen molar-refractivity contribution in [3.63, 3.8) is 0 Å². The topological polar surface area (TPSA) is 142 Å². The van der Waals surface area contributed by atoms with Crippen LogP contribution in [-0.4, -0.2) is 85.2 Å². The highest BCUT2D eigenvalue weighted by Gasteiger charge is 2.25. The van der Waals surface area contributed by atoms with Crippen LogP contribution >= 0.6 is 11.8 Å². The van der Waals surface area contributed by atoms with E-state index < -0.39 is 12.0 Å². The van der Waals surface area contributed by atoms with E-state index in [1.54, 1.807) is 0 Å². The minimum absolute atomic E-state index is 0.00512. The number of hydrogen-bond donors (Lipinski definition) is 3. The minimum Gasteiger partial charge on any atom is -0.480 e. The van der Waals surface area contributed by atoms with E-state index in [2.05, 4.69) is 26.2 Å². The lowest BCUT2D eigenvalue weighted by Crippen LogP contribution is -2.51. The van der Waals surface area contributed by atoms with Crippen molar-refractivity contribution in [2.75, 3.05) is 25.1 Å². The molecule has 1 heterocycles. The predicted molar refractivity (Wildman–Crippen MR) is 133 cm³/mol. The summed E-state index contributed by atoms with van der Waals surface area (Å²) in [5, 5.41) is 26.0. The fourth-order valence-corrected chi connectivity index (χ4v) is 4.02. The van der Waals surface area contributed by atoms with Gasteiger partial charge in [0.2, 0.25) is 11.8 Å². The summed E-state index contributed by atoms with van der Waals surface area (Å²) in [6.45, 7) is 4.99. The van der Waals surface area contributed by atoms with Crippen molar-refractivity contribution >= 4 is 29.5 Å². The number of amides is 2. The Morgan fingerprint density at radius 2 is 1.91 bits per heavy atom. The number of carboxylic acids is 1. The van der Waals surface area contributed by atoms with Crippen LogP contribution in [0.15, 0.2) is 36.7 Å². The molecule has 0 spiro atoms. The molecule has 192 valence electrons. The van der Waals surface area contributed by atoms with E-state index in [0.717, 1.165) is 12.0 Å². The van der Waals surface area contributed by atoms with E-state index >= 15 is 0 Å². The molecule has 35 heavy (non-hydrogen) atoms. The van der Waals surface area contributed by atoms with E-state index in [1.165, 1.54) is 22.8 Å². The molecule has 0 bridgehead atoms. The first-order valence-corrected chi connectivity index (χ1v) is 13.0. The standard InChI is InChI=1S/C23H35N7O4S/c1-4-17(2)20(26-22(32)15-30-16-24-27-28-30)13-29(12-18-8-6-5-7-9-18)14-21(31)25-19(23(33)34)10-11-35-3/h5-9,16-17,19-20H,4,10-15H2,1-3H3,(H,25,31)(H,26,32)(H,33,34)/t17-,19-,20+/m0/s1. The predicted octanol–water partition coefficient (Wildman–Crippen LogP) is 1.03. The lowest BCUT2D eigenvalue weighted by molar-refractivity contribution is -0.142. The summed E-state index contributed by atoms with van der Waals surface area (Å²) in [6, 6.07) is 8.55. The summed E-state index contributed by atoms with van der Waals surface area (Å²) in [4.78, 5) is 39.0. The van der Waals surface area contributed by atoms with Gasteiger partial charge in [-0.2, -0.15) is 11.8 Å². The van der Waals surface area contributed by atoms with Crippen LogP contribution in [0.25, 0.3) is 0 Å². The molecule has 0 aliphatic carbocycles. The average molecular weight is 506 g/mol. The number of aromatic nitrogens is 4. The number of hydrogen-bond acceptors (Lipinski definition) is 8. The number of thioether (sulfide) groups is 1. The first-order valence-electron chi connectivity index (χ1n) is 11.6. The summed E-state index contributed by atoms with van der Waals surface area (Å²) >= 11 is 1.53. The highest BCUT2D eigenvalue weighted by Crippen LogP contribution is 2.13. The van der Waals surface area contributed by atoms with Crippen molar-refractivity contribution in [2.24, 2.45) is 5.92 Å². The van der Waals surface area contributed by atoms with Crippen molar-refractivity contribution in [3.8, 4) is 0 Å². The normalized spacial score (nSPS) is 13.7. The van der Waals surface area contributed by atoms with Crippen molar-refractivity contribution in [3.05, 3.63) is 42.2 Å². The smallest absolute Gasteiger partial charge is 0.326 e. The molecule has 3 N–H and O–H groups in total. The summed E-state index contributed by atoms with van der Waals surface area (Å²) in [5.74, 6) is -0.863. The fourth-order valence-electron chi connectivity index (χ4n) is 3.55. The van der Waals surface area contributed by atoms with Crippen LogP contribution in [0, 0.1) is 5.92 Å². The van der Waals surface area contributed by atoms with E-state index in [9.17, 15) is 19.5 Å². The Kier molecular flexibility index (Phi) is 12.2. The Morgan fingerprint density at radius 1 is 1.17 bits per heavy atom. The van der Waals surface area contributed by atoms with Crippen LogP contribution in [0.3, 0.4) is 0 Å². The first-order chi connectivity index (χ1) is 16.8. The van der Waals surface area contributed by atoms with Gasteiger partial charge in [-0.3, -0.25) is 14.5 Å². The van der Waals surface area contributed by atoms with E-state index in [4.69, 9.17) is 0 Å². The fraction of sp³-hybridized carbons (Fsp3) is 0.565. The van der Waals surface area contributed by atoms with E-state index in [1.807, 2.05) is 55.3 Å². The van der Waals surface area contributed by atoms with Crippen molar-refractivity contribution in [2.45, 2.75) is 51.9 Å². The number of nitrogens with zero attached hydrogens (tertiary/aromatic N) is 5. The monoisotopic (exact) mass is 505 g/mol. The molecule has 0 saturated heterocycles. The zero-order valence-electron chi connectivity index (χ0n) is 20.5. The molecular weight excluding hydrogens is 470 g/mol. The van der Waals surface area contributed by atoms with Crippen LogP contribution in [0.5, 0.6) is 0 Å². The first kappa shape index (κ1) is 28.2. The largest absolute Gasteiger partial charge is 0.480 e. The molecule has 0 saturated carbocycles. The van der Waals surface area contributed by atoms with Crippen molar-refractivity contribution < 1.29 is 19.5 Å². The van der Waals surface area contributed by atoms with Crippen LogP contribution in [0.4, 0.5) is 0 Å². The highest BCUT2D eigenvalue weighted by atomic mass is 32.2. The average Bonchev–Trinajstić information content (AvgIpc) is 3.34. The van der Waals surface area contributed by atoms with Gasteiger partial charge in [-0.1, -0.05) is 50.6 Å². The number of carboxylic acid groups (broad SMARTS) is 1. The number of tetrazole rings is 1. The van der Waals surface area contributed by atoms with Gasteiger partial charge in [-0.05, 0) is 40.3 Å². The van der Waals surface area contributed by atoms with E-state index in [-0.39, 0.29) is 36.9 Å². The third-order valence-electron chi connectivity index (χ3n) is 5.69. The molecule has 0 aliphatic heterocycles. The Hall–Kier alpha value is -2.99. The van der Waals surface area contributed by atoms with Gasteiger partial charge in [0.05, 0.1) is 6.54 Å². The molecule has 1 aromatic heterocycles. The van der Waals surface area contributed by atoms with Gasteiger partial charge in [-0.15, -0.1) is 5.10 Å². The van der Waals surface area contributed by atoms with Gasteiger partial charge in [0, 0.05) is 19.1 Å². The highest BCUT2D eigenvalue weighted by molar-refractivity contribution is 7.98. The third kappa shape index (κ3) is 10.4. The molecule has 2 rings (SSSR count). The maximum Gasteiger partial charge on any atom is 0.326 e. The summed E-state index contributed by atoms with van der Waals surface area (Å²) < 4.78 is 1.35. The Bertz CT molecular complexity index is 914. The van der Waals surface area contributed by atoms with Gasteiger partial charge in [0.1, 0.15) is 18.9 Å². The summed E-state index contributed by atoms with van der Waals surface area (Å²) in [7, 11) is 0. The van der Waals surface area contributed by atoms with Gasteiger partial charge < -0.3 is 15.7 Å². The molecule has 12 heteroatoms. The number of aliphatic carboxylic acids is 1. The number of rotatable bonds is 16. The van der Waals surface area contributed by atoms with Crippen LogP contribution in [0.1, 0.15) is 32.3 Å². The van der Waals surface area contributed by atoms with Gasteiger partial charge in [0.15, 0.2) is 0 Å². The van der Waals surface area contributed by atoms with E-state index in [0.29, 0.717) is 25.3 Å². The summed E-state index contributed by atoms with van der Waals surface area (Å²) in [6.07, 6.45) is 4.45.